The summed E-state index contributed by atoms with van der Waals surface area (Å²) in [6.45, 7) is 9.16. The molecule has 24 heavy (non-hydrogen) atoms. The number of hydrogen-bond donors (Lipinski definition) is 0. The van der Waals surface area contributed by atoms with Gasteiger partial charge in [0.1, 0.15) is 0 Å². The Morgan fingerprint density at radius 2 is 2.04 bits per heavy atom. The fraction of sp³-hybridized carbons (Fsp3) is 0.556. The maximum Gasteiger partial charge on any atom is 0.261 e. The van der Waals surface area contributed by atoms with Crippen molar-refractivity contribution in [1.82, 2.24) is 20.0 Å². The molecule has 0 aliphatic heterocycles. The highest BCUT2D eigenvalue weighted by Crippen LogP contribution is 2.32. The maximum atomic E-state index is 13.2. The molecule has 1 aliphatic carbocycles. The van der Waals surface area contributed by atoms with Gasteiger partial charge in [0.2, 0.25) is 0 Å². The second kappa shape index (κ2) is 6.71. The molecule has 0 N–H and O–H groups in total. The Balaban J connectivity index is 1.90. The lowest BCUT2D eigenvalue weighted by Crippen LogP contribution is -2.33. The summed E-state index contributed by atoms with van der Waals surface area (Å²) >= 11 is 0. The van der Waals surface area contributed by atoms with Gasteiger partial charge >= 0.3 is 0 Å². The van der Waals surface area contributed by atoms with E-state index in [1.54, 1.807) is 18.6 Å². The molecular weight excluding hydrogens is 302 g/mol. The Bertz CT molecular complexity index is 705. The van der Waals surface area contributed by atoms with E-state index in [9.17, 15) is 4.79 Å². The Morgan fingerprint density at radius 3 is 2.62 bits per heavy atom. The number of carbonyl (C=O) groups is 1. The third-order valence-electron chi connectivity index (χ3n) is 4.89. The monoisotopic (exact) mass is 327 g/mol. The van der Waals surface area contributed by atoms with Crippen molar-refractivity contribution in [3.63, 3.8) is 0 Å². The fourth-order valence-electron chi connectivity index (χ4n) is 2.78. The maximum absolute atomic E-state index is 13.2. The average Bonchev–Trinajstić information content (AvgIpc) is 3.32. The van der Waals surface area contributed by atoms with Crippen LogP contribution >= 0.6 is 0 Å². The largest absolute Gasteiger partial charge is 0.306 e. The molecule has 2 aromatic heterocycles. The molecule has 1 aliphatic rings. The molecule has 0 aromatic carbocycles. The van der Waals surface area contributed by atoms with Gasteiger partial charge in [-0.15, -0.1) is 0 Å². The molecule has 0 radical (unpaired) electrons. The van der Waals surface area contributed by atoms with E-state index in [0.29, 0.717) is 17.4 Å². The number of carbonyl (C=O) groups excluding carboxylic acids is 1. The van der Waals surface area contributed by atoms with E-state index in [2.05, 4.69) is 36.1 Å². The first-order valence-electron chi connectivity index (χ1n) is 8.61. The average molecular weight is 327 g/mol. The third-order valence-corrected chi connectivity index (χ3v) is 4.89. The number of aromatic nitrogens is 4. The molecule has 1 fully saturated rings. The van der Waals surface area contributed by atoms with Crippen molar-refractivity contribution in [2.45, 2.75) is 46.6 Å². The van der Waals surface area contributed by atoms with Crippen molar-refractivity contribution in [3.8, 4) is 0 Å². The second-order valence-electron chi connectivity index (χ2n) is 7.03. The molecule has 0 saturated heterocycles. The lowest BCUT2D eigenvalue weighted by Gasteiger charge is -2.23. The van der Waals surface area contributed by atoms with Gasteiger partial charge in [0.15, 0.2) is 0 Å². The van der Waals surface area contributed by atoms with Crippen molar-refractivity contribution in [2.75, 3.05) is 11.4 Å². The fourth-order valence-corrected chi connectivity index (χ4v) is 2.78. The Morgan fingerprint density at radius 1 is 1.29 bits per heavy atom. The summed E-state index contributed by atoms with van der Waals surface area (Å²) in [4.78, 5) is 15.0. The van der Waals surface area contributed by atoms with Crippen molar-refractivity contribution >= 4 is 11.6 Å². The minimum atomic E-state index is -0.00499. The van der Waals surface area contributed by atoms with Gasteiger partial charge in [0.05, 0.1) is 35.9 Å². The first-order valence-corrected chi connectivity index (χ1v) is 8.61. The molecule has 0 bridgehead atoms. The van der Waals surface area contributed by atoms with Crippen molar-refractivity contribution in [1.29, 1.82) is 0 Å². The first kappa shape index (κ1) is 16.6. The predicted molar refractivity (Wildman–Crippen MR) is 92.9 cm³/mol. The van der Waals surface area contributed by atoms with E-state index < -0.39 is 0 Å². The van der Waals surface area contributed by atoms with Crippen LogP contribution in [0.3, 0.4) is 0 Å². The summed E-state index contributed by atoms with van der Waals surface area (Å²) in [5.74, 6) is 1.04. The predicted octanol–water partition coefficient (Wildman–Crippen LogP) is 3.26. The quantitative estimate of drug-likeness (QED) is 0.817. The van der Waals surface area contributed by atoms with E-state index >= 15 is 0 Å². The van der Waals surface area contributed by atoms with Crippen LogP contribution < -0.4 is 4.90 Å². The van der Waals surface area contributed by atoms with Gasteiger partial charge in [-0.05, 0) is 44.6 Å². The lowest BCUT2D eigenvalue weighted by molar-refractivity contribution is 0.0984. The minimum Gasteiger partial charge on any atom is -0.306 e. The van der Waals surface area contributed by atoms with Gasteiger partial charge in [0, 0.05) is 12.2 Å². The van der Waals surface area contributed by atoms with E-state index in [1.165, 1.54) is 12.8 Å². The van der Waals surface area contributed by atoms with Crippen molar-refractivity contribution in [3.05, 3.63) is 35.9 Å². The van der Waals surface area contributed by atoms with Crippen LogP contribution in [0.2, 0.25) is 0 Å². The summed E-state index contributed by atoms with van der Waals surface area (Å²) in [6, 6.07) is 2.09. The van der Waals surface area contributed by atoms with Crippen LogP contribution in [0.5, 0.6) is 0 Å². The zero-order valence-electron chi connectivity index (χ0n) is 14.8. The first-order chi connectivity index (χ1) is 11.5. The van der Waals surface area contributed by atoms with Gasteiger partial charge in [-0.25, -0.2) is 0 Å². The molecule has 1 amide bonds. The normalized spacial score (nSPS) is 15.5. The van der Waals surface area contributed by atoms with Crippen LogP contribution in [-0.2, 0) is 0 Å². The molecule has 6 heteroatoms. The minimum absolute atomic E-state index is 0.00499. The SMILES string of the molecule is Cc1c(C(=O)N(CC2CC2)c2ccnnc2)cnn1C(C)C(C)C. The van der Waals surface area contributed by atoms with Gasteiger partial charge < -0.3 is 4.90 Å². The summed E-state index contributed by atoms with van der Waals surface area (Å²) in [5, 5.41) is 12.2. The lowest BCUT2D eigenvalue weighted by atomic mass is 10.1. The van der Waals surface area contributed by atoms with Crippen LogP contribution in [0.1, 0.15) is 55.7 Å². The van der Waals surface area contributed by atoms with Crippen LogP contribution in [0.25, 0.3) is 0 Å². The van der Waals surface area contributed by atoms with Crippen LogP contribution in [0, 0.1) is 18.8 Å². The molecule has 0 spiro atoms. The molecule has 1 saturated carbocycles. The number of amides is 1. The molecule has 2 aromatic rings. The topological polar surface area (TPSA) is 63.9 Å². The van der Waals surface area contributed by atoms with Crippen molar-refractivity contribution < 1.29 is 4.79 Å². The van der Waals surface area contributed by atoms with E-state index in [0.717, 1.165) is 17.9 Å². The summed E-state index contributed by atoms with van der Waals surface area (Å²) in [7, 11) is 0. The van der Waals surface area contributed by atoms with Gasteiger partial charge in [-0.3, -0.25) is 9.48 Å². The van der Waals surface area contributed by atoms with Gasteiger partial charge in [0.25, 0.3) is 5.91 Å². The highest BCUT2D eigenvalue weighted by atomic mass is 16.2. The third kappa shape index (κ3) is 3.32. The molecule has 6 nitrogen and oxygen atoms in total. The van der Waals surface area contributed by atoms with Crippen LogP contribution in [0.15, 0.2) is 24.7 Å². The zero-order chi connectivity index (χ0) is 17.3. The molecule has 128 valence electrons. The Kier molecular flexibility index (Phi) is 4.64. The van der Waals surface area contributed by atoms with Crippen LogP contribution in [0.4, 0.5) is 5.69 Å². The number of hydrogen-bond acceptors (Lipinski definition) is 4. The highest BCUT2D eigenvalue weighted by Gasteiger charge is 2.30. The van der Waals surface area contributed by atoms with Gasteiger partial charge in [-0.1, -0.05) is 13.8 Å². The summed E-state index contributed by atoms with van der Waals surface area (Å²) < 4.78 is 1.96. The summed E-state index contributed by atoms with van der Waals surface area (Å²) in [5.41, 5.74) is 2.38. The zero-order valence-corrected chi connectivity index (χ0v) is 14.8. The number of rotatable bonds is 6. The Hall–Kier alpha value is -2.24. The molecule has 1 unspecified atom stereocenters. The van der Waals surface area contributed by atoms with E-state index in [4.69, 9.17) is 0 Å². The second-order valence-corrected chi connectivity index (χ2v) is 7.03. The van der Waals surface area contributed by atoms with Crippen LogP contribution in [-0.4, -0.2) is 32.4 Å². The molecular formula is C18H25N5O. The highest BCUT2D eigenvalue weighted by molar-refractivity contribution is 6.06. The molecule has 1 atom stereocenters. The molecule has 2 heterocycles. The van der Waals surface area contributed by atoms with E-state index in [1.807, 2.05) is 22.6 Å². The number of nitrogens with zero attached hydrogens (tertiary/aromatic N) is 5. The molecule has 3 rings (SSSR count). The smallest absolute Gasteiger partial charge is 0.261 e. The number of anilines is 1. The standard InChI is InChI=1S/C18H25N5O/c1-12(2)13(3)23-14(4)17(10-21-23)18(24)22(11-15-5-6-15)16-7-8-19-20-9-16/h7-10,12-13,15H,5-6,11H2,1-4H3. The Labute approximate surface area is 142 Å². The van der Waals surface area contributed by atoms with Gasteiger partial charge in [-0.2, -0.15) is 15.3 Å². The van der Waals surface area contributed by atoms with Crippen molar-refractivity contribution in [2.24, 2.45) is 11.8 Å². The van der Waals surface area contributed by atoms with E-state index in [-0.39, 0.29) is 11.9 Å². The summed E-state index contributed by atoms with van der Waals surface area (Å²) in [6.07, 6.45) is 7.34.